The van der Waals surface area contributed by atoms with E-state index in [0.717, 1.165) is 27.9 Å². The van der Waals surface area contributed by atoms with E-state index in [1.807, 2.05) is 12.1 Å². The summed E-state index contributed by atoms with van der Waals surface area (Å²) in [6.45, 7) is 2.53. The zero-order valence-corrected chi connectivity index (χ0v) is 12.9. The van der Waals surface area contributed by atoms with Crippen LogP contribution in [0.15, 0.2) is 36.8 Å². The number of aromatic nitrogens is 3. The number of rotatable bonds is 1. The zero-order valence-electron chi connectivity index (χ0n) is 12.9. The Labute approximate surface area is 137 Å². The summed E-state index contributed by atoms with van der Waals surface area (Å²) in [6, 6.07) is 7.29. The Morgan fingerprint density at radius 2 is 2.00 bits per heavy atom. The van der Waals surface area contributed by atoms with E-state index in [1.54, 1.807) is 24.0 Å². The standard InChI is InChI=1S/C17H14N4O3/c1-10(22)20-7-13-14(8-20)18-9-19-16(13)12-2-3-15-11(6-12)4-5-21(15)17(23)24/h2-6,9H,7-8H2,1H3,(H,23,24). The molecule has 1 aliphatic rings. The molecule has 7 heteroatoms. The number of carbonyl (C=O) groups is 2. The van der Waals surface area contributed by atoms with Gasteiger partial charge in [0, 0.05) is 29.6 Å². The molecule has 1 aliphatic heterocycles. The second kappa shape index (κ2) is 5.16. The lowest BCUT2D eigenvalue weighted by molar-refractivity contribution is -0.129. The van der Waals surface area contributed by atoms with Gasteiger partial charge in [-0.15, -0.1) is 0 Å². The Bertz CT molecular complexity index is 993. The Morgan fingerprint density at radius 1 is 1.17 bits per heavy atom. The normalized spacial score (nSPS) is 13.3. The van der Waals surface area contributed by atoms with Crippen molar-refractivity contribution in [3.8, 4) is 11.3 Å². The minimum Gasteiger partial charge on any atom is -0.464 e. The van der Waals surface area contributed by atoms with Crippen LogP contribution >= 0.6 is 0 Å². The highest BCUT2D eigenvalue weighted by molar-refractivity contribution is 5.91. The van der Waals surface area contributed by atoms with Crippen molar-refractivity contribution in [1.29, 1.82) is 0 Å². The minimum absolute atomic E-state index is 0.00735. The van der Waals surface area contributed by atoms with Crippen LogP contribution in [0.1, 0.15) is 18.2 Å². The van der Waals surface area contributed by atoms with Crippen molar-refractivity contribution >= 4 is 22.9 Å². The van der Waals surface area contributed by atoms with Gasteiger partial charge in [-0.2, -0.15) is 0 Å². The second-order valence-corrected chi connectivity index (χ2v) is 5.76. The quantitative estimate of drug-likeness (QED) is 0.743. The average Bonchev–Trinajstić information content (AvgIpc) is 3.17. The molecule has 0 saturated carbocycles. The molecule has 24 heavy (non-hydrogen) atoms. The maximum atomic E-state index is 11.6. The summed E-state index contributed by atoms with van der Waals surface area (Å²) in [5.74, 6) is 0.00735. The number of hydrogen-bond donors (Lipinski definition) is 1. The molecule has 0 radical (unpaired) electrons. The predicted octanol–water partition coefficient (Wildman–Crippen LogP) is 2.49. The van der Waals surface area contributed by atoms with Crippen LogP contribution in [0.4, 0.5) is 4.79 Å². The zero-order chi connectivity index (χ0) is 16.8. The van der Waals surface area contributed by atoms with Gasteiger partial charge >= 0.3 is 6.09 Å². The van der Waals surface area contributed by atoms with E-state index in [4.69, 9.17) is 0 Å². The SMILES string of the molecule is CC(=O)N1Cc2ncnc(-c3ccc4c(ccn4C(=O)O)c3)c2C1. The van der Waals surface area contributed by atoms with Crippen molar-refractivity contribution in [2.75, 3.05) is 0 Å². The molecule has 0 fully saturated rings. The number of hydrogen-bond acceptors (Lipinski definition) is 4. The third-order valence-corrected chi connectivity index (χ3v) is 4.34. The third kappa shape index (κ3) is 2.13. The highest BCUT2D eigenvalue weighted by atomic mass is 16.4. The molecule has 0 unspecified atom stereocenters. The number of benzene rings is 1. The van der Waals surface area contributed by atoms with Gasteiger partial charge in [0.15, 0.2) is 0 Å². The van der Waals surface area contributed by atoms with Crippen LogP contribution in [0.25, 0.3) is 22.2 Å². The molecular weight excluding hydrogens is 308 g/mol. The fourth-order valence-electron chi connectivity index (χ4n) is 3.11. The highest BCUT2D eigenvalue weighted by Gasteiger charge is 2.26. The first-order chi connectivity index (χ1) is 11.5. The maximum absolute atomic E-state index is 11.6. The van der Waals surface area contributed by atoms with Crippen molar-refractivity contribution in [3.05, 3.63) is 48.0 Å². The van der Waals surface area contributed by atoms with Crippen LogP contribution in [0, 0.1) is 0 Å². The molecule has 7 nitrogen and oxygen atoms in total. The van der Waals surface area contributed by atoms with Crippen LogP contribution in [-0.2, 0) is 17.9 Å². The third-order valence-electron chi connectivity index (χ3n) is 4.34. The van der Waals surface area contributed by atoms with Gasteiger partial charge in [-0.3, -0.25) is 9.36 Å². The number of carbonyl (C=O) groups excluding carboxylic acids is 1. The molecule has 1 aromatic carbocycles. The molecule has 0 aliphatic carbocycles. The van der Waals surface area contributed by atoms with Crippen LogP contribution in [0.3, 0.4) is 0 Å². The number of amides is 1. The second-order valence-electron chi connectivity index (χ2n) is 5.76. The molecule has 0 atom stereocenters. The minimum atomic E-state index is -1.02. The Morgan fingerprint density at radius 3 is 2.75 bits per heavy atom. The van der Waals surface area contributed by atoms with Gasteiger partial charge in [-0.1, -0.05) is 6.07 Å². The predicted molar refractivity (Wildman–Crippen MR) is 86.3 cm³/mol. The Kier molecular flexibility index (Phi) is 3.09. The summed E-state index contributed by atoms with van der Waals surface area (Å²) in [6.07, 6.45) is 2.01. The molecule has 0 bridgehead atoms. The van der Waals surface area contributed by atoms with Gasteiger partial charge in [-0.25, -0.2) is 14.8 Å². The Balaban J connectivity index is 1.81. The van der Waals surface area contributed by atoms with Crippen LogP contribution in [-0.4, -0.2) is 36.5 Å². The van der Waals surface area contributed by atoms with E-state index in [-0.39, 0.29) is 5.91 Å². The first kappa shape index (κ1) is 14.4. The summed E-state index contributed by atoms with van der Waals surface area (Å²) in [5, 5.41) is 9.99. The molecule has 3 aromatic rings. The van der Waals surface area contributed by atoms with Gasteiger partial charge in [0.05, 0.1) is 30.0 Å². The van der Waals surface area contributed by atoms with Gasteiger partial charge in [0.25, 0.3) is 0 Å². The smallest absolute Gasteiger partial charge is 0.415 e. The average molecular weight is 322 g/mol. The lowest BCUT2D eigenvalue weighted by atomic mass is 10.0. The molecule has 2 aromatic heterocycles. The Hall–Kier alpha value is -3.22. The largest absolute Gasteiger partial charge is 0.464 e. The van der Waals surface area contributed by atoms with Crippen molar-refractivity contribution in [2.45, 2.75) is 20.0 Å². The molecular formula is C17H14N4O3. The van der Waals surface area contributed by atoms with Crippen molar-refractivity contribution in [3.63, 3.8) is 0 Å². The summed E-state index contributed by atoms with van der Waals surface area (Å²) in [7, 11) is 0. The van der Waals surface area contributed by atoms with Crippen molar-refractivity contribution in [2.24, 2.45) is 0 Å². The summed E-state index contributed by atoms with van der Waals surface area (Å²) in [4.78, 5) is 33.2. The molecule has 1 N–H and O–H groups in total. The van der Waals surface area contributed by atoms with E-state index < -0.39 is 6.09 Å². The first-order valence-electron chi connectivity index (χ1n) is 7.47. The number of nitrogens with zero attached hydrogens (tertiary/aromatic N) is 4. The van der Waals surface area contributed by atoms with E-state index in [1.165, 1.54) is 17.1 Å². The molecule has 0 spiro atoms. The van der Waals surface area contributed by atoms with Gasteiger partial charge < -0.3 is 10.0 Å². The molecule has 120 valence electrons. The van der Waals surface area contributed by atoms with Crippen molar-refractivity contribution < 1.29 is 14.7 Å². The summed E-state index contributed by atoms with van der Waals surface area (Å²) in [5.41, 5.74) is 4.11. The highest BCUT2D eigenvalue weighted by Crippen LogP contribution is 2.31. The molecule has 4 rings (SSSR count). The summed E-state index contributed by atoms with van der Waals surface area (Å²) >= 11 is 0. The maximum Gasteiger partial charge on any atom is 0.415 e. The van der Waals surface area contributed by atoms with E-state index in [9.17, 15) is 14.7 Å². The topological polar surface area (TPSA) is 88.3 Å². The fourth-order valence-corrected chi connectivity index (χ4v) is 3.11. The first-order valence-corrected chi connectivity index (χ1v) is 7.47. The summed E-state index contributed by atoms with van der Waals surface area (Å²) < 4.78 is 1.18. The van der Waals surface area contributed by atoms with Crippen LogP contribution < -0.4 is 0 Å². The van der Waals surface area contributed by atoms with E-state index >= 15 is 0 Å². The molecule has 3 heterocycles. The van der Waals surface area contributed by atoms with Gasteiger partial charge in [0.2, 0.25) is 5.91 Å². The number of carboxylic acid groups (broad SMARTS) is 1. The lowest BCUT2D eigenvalue weighted by Crippen LogP contribution is -2.21. The van der Waals surface area contributed by atoms with Crippen molar-refractivity contribution in [1.82, 2.24) is 19.4 Å². The van der Waals surface area contributed by atoms with E-state index in [2.05, 4.69) is 9.97 Å². The molecule has 1 amide bonds. The fraction of sp³-hybridized carbons (Fsp3) is 0.176. The van der Waals surface area contributed by atoms with Crippen LogP contribution in [0.5, 0.6) is 0 Å². The van der Waals surface area contributed by atoms with Crippen LogP contribution in [0.2, 0.25) is 0 Å². The van der Waals surface area contributed by atoms with E-state index in [0.29, 0.717) is 18.6 Å². The lowest BCUT2D eigenvalue weighted by Gasteiger charge is -2.11. The van der Waals surface area contributed by atoms with Gasteiger partial charge in [0.1, 0.15) is 6.33 Å². The van der Waals surface area contributed by atoms with Gasteiger partial charge in [-0.05, 0) is 18.2 Å². The molecule has 0 saturated heterocycles. The number of fused-ring (bicyclic) bond motifs is 2. The monoisotopic (exact) mass is 322 g/mol.